The summed E-state index contributed by atoms with van der Waals surface area (Å²) in [6.45, 7) is 6.55. The Kier molecular flexibility index (Phi) is 5.14. The van der Waals surface area contributed by atoms with Crippen LogP contribution in [-0.2, 0) is 4.74 Å². The van der Waals surface area contributed by atoms with Gasteiger partial charge in [0.1, 0.15) is 6.10 Å². The van der Waals surface area contributed by atoms with Gasteiger partial charge in [0.15, 0.2) is 0 Å². The van der Waals surface area contributed by atoms with Crippen molar-refractivity contribution in [3.8, 4) is 12.0 Å². The lowest BCUT2D eigenvalue weighted by Crippen LogP contribution is -2.18. The van der Waals surface area contributed by atoms with E-state index in [0.29, 0.717) is 19.2 Å². The van der Waals surface area contributed by atoms with Gasteiger partial charge in [0.05, 0.1) is 19.8 Å². The summed E-state index contributed by atoms with van der Waals surface area (Å²) < 4.78 is 16.3. The molecule has 1 atom stereocenters. The molecule has 1 fully saturated rings. The fourth-order valence-electron chi connectivity index (χ4n) is 1.66. The second-order valence-electron chi connectivity index (χ2n) is 4.19. The third-order valence-electron chi connectivity index (χ3n) is 2.56. The van der Waals surface area contributed by atoms with Crippen molar-refractivity contribution in [1.82, 2.24) is 15.0 Å². The van der Waals surface area contributed by atoms with Crippen molar-refractivity contribution in [3.63, 3.8) is 0 Å². The minimum Gasteiger partial charge on any atom is -0.464 e. The van der Waals surface area contributed by atoms with Gasteiger partial charge in [0.2, 0.25) is 5.95 Å². The van der Waals surface area contributed by atoms with Gasteiger partial charge in [0, 0.05) is 13.0 Å². The molecule has 1 aromatic heterocycles. The molecule has 106 valence electrons. The highest BCUT2D eigenvalue weighted by atomic mass is 16.6. The standard InChI is InChI=1S/C12H20N4O3/c1-3-6-13-10-14-11(18-4-2)16-12(15-10)19-9-5-7-17-8-9/h9H,3-8H2,1-2H3,(H,13,14,15,16). The van der Waals surface area contributed by atoms with E-state index in [-0.39, 0.29) is 18.1 Å². The van der Waals surface area contributed by atoms with Crippen LogP contribution in [-0.4, -0.2) is 47.4 Å². The first-order valence-electron chi connectivity index (χ1n) is 6.69. The molecule has 1 aromatic rings. The van der Waals surface area contributed by atoms with Crippen molar-refractivity contribution in [2.24, 2.45) is 0 Å². The Hall–Kier alpha value is -1.63. The third-order valence-corrected chi connectivity index (χ3v) is 2.56. The Balaban J connectivity index is 2.07. The van der Waals surface area contributed by atoms with Crippen LogP contribution < -0.4 is 14.8 Å². The molecule has 0 radical (unpaired) electrons. The number of rotatable bonds is 7. The number of hydrogen-bond donors (Lipinski definition) is 1. The van der Waals surface area contributed by atoms with Crippen molar-refractivity contribution in [2.45, 2.75) is 32.8 Å². The summed E-state index contributed by atoms with van der Waals surface area (Å²) in [5, 5.41) is 3.10. The maximum atomic E-state index is 5.68. The van der Waals surface area contributed by atoms with E-state index in [9.17, 15) is 0 Å². The van der Waals surface area contributed by atoms with E-state index in [0.717, 1.165) is 26.0 Å². The first kappa shape index (κ1) is 13.8. The van der Waals surface area contributed by atoms with Crippen molar-refractivity contribution >= 4 is 5.95 Å². The number of hydrogen-bond acceptors (Lipinski definition) is 7. The average Bonchev–Trinajstić information content (AvgIpc) is 2.89. The van der Waals surface area contributed by atoms with Crippen LogP contribution in [0, 0.1) is 0 Å². The van der Waals surface area contributed by atoms with Gasteiger partial charge in [-0.25, -0.2) is 0 Å². The number of nitrogens with one attached hydrogen (secondary N) is 1. The smallest absolute Gasteiger partial charge is 0.324 e. The highest BCUT2D eigenvalue weighted by Crippen LogP contribution is 2.17. The molecule has 0 bridgehead atoms. The Morgan fingerprint density at radius 2 is 2.11 bits per heavy atom. The van der Waals surface area contributed by atoms with Gasteiger partial charge in [-0.15, -0.1) is 4.98 Å². The molecule has 1 N–H and O–H groups in total. The minimum absolute atomic E-state index is 0.0101. The van der Waals surface area contributed by atoms with E-state index in [1.165, 1.54) is 0 Å². The maximum Gasteiger partial charge on any atom is 0.324 e. The molecule has 7 nitrogen and oxygen atoms in total. The lowest BCUT2D eigenvalue weighted by atomic mass is 10.3. The van der Waals surface area contributed by atoms with E-state index in [1.54, 1.807) is 0 Å². The molecular weight excluding hydrogens is 248 g/mol. The lowest BCUT2D eigenvalue weighted by Gasteiger charge is -2.12. The van der Waals surface area contributed by atoms with Crippen molar-refractivity contribution in [2.75, 3.05) is 31.7 Å². The molecule has 1 saturated heterocycles. The summed E-state index contributed by atoms with van der Waals surface area (Å²) >= 11 is 0. The normalized spacial score (nSPS) is 18.3. The molecule has 0 spiro atoms. The second-order valence-corrected chi connectivity index (χ2v) is 4.19. The Morgan fingerprint density at radius 1 is 1.26 bits per heavy atom. The Bertz CT molecular complexity index is 397. The lowest BCUT2D eigenvalue weighted by molar-refractivity contribution is 0.133. The molecule has 1 aliphatic heterocycles. The molecule has 1 aliphatic rings. The second kappa shape index (κ2) is 7.08. The van der Waals surface area contributed by atoms with Gasteiger partial charge >= 0.3 is 12.0 Å². The molecule has 0 saturated carbocycles. The summed E-state index contributed by atoms with van der Waals surface area (Å²) in [7, 11) is 0. The van der Waals surface area contributed by atoms with E-state index in [4.69, 9.17) is 14.2 Å². The van der Waals surface area contributed by atoms with Crippen molar-refractivity contribution in [3.05, 3.63) is 0 Å². The quantitative estimate of drug-likeness (QED) is 0.797. The molecule has 0 amide bonds. The highest BCUT2D eigenvalue weighted by molar-refractivity contribution is 5.27. The van der Waals surface area contributed by atoms with Crippen molar-refractivity contribution < 1.29 is 14.2 Å². The average molecular weight is 268 g/mol. The maximum absolute atomic E-state index is 5.68. The molecular formula is C12H20N4O3. The summed E-state index contributed by atoms with van der Waals surface area (Å²) in [5.74, 6) is 0.481. The summed E-state index contributed by atoms with van der Waals surface area (Å²) in [6, 6.07) is 0.567. The summed E-state index contributed by atoms with van der Waals surface area (Å²) in [6.07, 6.45) is 1.85. The summed E-state index contributed by atoms with van der Waals surface area (Å²) in [4.78, 5) is 12.5. The molecule has 2 rings (SSSR count). The molecule has 0 aliphatic carbocycles. The first-order chi connectivity index (χ1) is 9.31. The van der Waals surface area contributed by atoms with Gasteiger partial charge in [-0.2, -0.15) is 9.97 Å². The largest absolute Gasteiger partial charge is 0.464 e. The SMILES string of the molecule is CCCNc1nc(OCC)nc(OC2CCOC2)n1. The van der Waals surface area contributed by atoms with Gasteiger partial charge in [-0.05, 0) is 13.3 Å². The molecule has 7 heteroatoms. The fourth-order valence-corrected chi connectivity index (χ4v) is 1.66. The van der Waals surface area contributed by atoms with Gasteiger partial charge < -0.3 is 19.5 Å². The van der Waals surface area contributed by atoms with Crippen molar-refractivity contribution in [1.29, 1.82) is 0 Å². The van der Waals surface area contributed by atoms with Crippen LogP contribution in [0.15, 0.2) is 0 Å². The zero-order valence-corrected chi connectivity index (χ0v) is 11.4. The number of ether oxygens (including phenoxy) is 3. The monoisotopic (exact) mass is 268 g/mol. The molecule has 2 heterocycles. The van der Waals surface area contributed by atoms with Gasteiger partial charge in [-0.3, -0.25) is 0 Å². The fraction of sp³-hybridized carbons (Fsp3) is 0.750. The topological polar surface area (TPSA) is 78.4 Å². The van der Waals surface area contributed by atoms with Crippen LogP contribution >= 0.6 is 0 Å². The zero-order chi connectivity index (χ0) is 13.5. The Morgan fingerprint density at radius 3 is 2.79 bits per heavy atom. The van der Waals surface area contributed by atoms with E-state index >= 15 is 0 Å². The van der Waals surface area contributed by atoms with Gasteiger partial charge in [-0.1, -0.05) is 6.92 Å². The van der Waals surface area contributed by atoms with Crippen LogP contribution in [0.1, 0.15) is 26.7 Å². The number of anilines is 1. The third kappa shape index (κ3) is 4.20. The predicted molar refractivity (Wildman–Crippen MR) is 69.6 cm³/mol. The van der Waals surface area contributed by atoms with E-state index in [2.05, 4.69) is 27.2 Å². The van der Waals surface area contributed by atoms with Crippen LogP contribution in [0.25, 0.3) is 0 Å². The Labute approximate surface area is 112 Å². The van der Waals surface area contributed by atoms with Gasteiger partial charge in [0.25, 0.3) is 0 Å². The number of nitrogens with zero attached hydrogens (tertiary/aromatic N) is 3. The number of aromatic nitrogens is 3. The highest BCUT2D eigenvalue weighted by Gasteiger charge is 2.19. The summed E-state index contributed by atoms with van der Waals surface area (Å²) in [5.41, 5.74) is 0. The zero-order valence-electron chi connectivity index (χ0n) is 11.4. The first-order valence-corrected chi connectivity index (χ1v) is 6.69. The van der Waals surface area contributed by atoms with E-state index in [1.807, 2.05) is 6.92 Å². The van der Waals surface area contributed by atoms with Crippen LogP contribution in [0.4, 0.5) is 5.95 Å². The molecule has 19 heavy (non-hydrogen) atoms. The minimum atomic E-state index is 0.0101. The molecule has 1 unspecified atom stereocenters. The van der Waals surface area contributed by atoms with Crippen LogP contribution in [0.5, 0.6) is 12.0 Å². The molecule has 0 aromatic carbocycles. The predicted octanol–water partition coefficient (Wildman–Crippen LogP) is 1.26. The van der Waals surface area contributed by atoms with E-state index < -0.39 is 0 Å². The van der Waals surface area contributed by atoms with Crippen LogP contribution in [0.2, 0.25) is 0 Å². The van der Waals surface area contributed by atoms with Crippen LogP contribution in [0.3, 0.4) is 0 Å².